The molecule has 0 saturated heterocycles. The molecule has 0 aliphatic rings. The SMILES string of the molecule is COC(=O)CNc1c(Cl)cccc1[N+](=O)[O-]. The van der Waals surface area contributed by atoms with Gasteiger partial charge < -0.3 is 10.1 Å². The van der Waals surface area contributed by atoms with Crippen LogP contribution in [0, 0.1) is 10.1 Å². The first-order chi connectivity index (χ1) is 7.56. The second-order valence-electron chi connectivity index (χ2n) is 2.82. The molecule has 0 aliphatic heterocycles. The fourth-order valence-electron chi connectivity index (χ4n) is 1.07. The van der Waals surface area contributed by atoms with E-state index in [2.05, 4.69) is 10.1 Å². The number of nitro groups is 1. The number of nitrogens with zero attached hydrogens (tertiary/aromatic N) is 1. The normalized spacial score (nSPS) is 9.62. The van der Waals surface area contributed by atoms with Crippen LogP contribution in [0.2, 0.25) is 5.02 Å². The quantitative estimate of drug-likeness (QED) is 0.496. The molecule has 0 amide bonds. The van der Waals surface area contributed by atoms with E-state index < -0.39 is 10.9 Å². The number of benzene rings is 1. The molecular weight excluding hydrogens is 236 g/mol. The van der Waals surface area contributed by atoms with Crippen molar-refractivity contribution in [1.29, 1.82) is 0 Å². The van der Waals surface area contributed by atoms with Gasteiger partial charge in [-0.15, -0.1) is 0 Å². The van der Waals surface area contributed by atoms with Crippen LogP contribution in [0.25, 0.3) is 0 Å². The number of carbonyl (C=O) groups is 1. The van der Waals surface area contributed by atoms with E-state index in [1.807, 2.05) is 0 Å². The monoisotopic (exact) mass is 244 g/mol. The highest BCUT2D eigenvalue weighted by Crippen LogP contribution is 2.31. The van der Waals surface area contributed by atoms with Crippen LogP contribution in [0.5, 0.6) is 0 Å². The van der Waals surface area contributed by atoms with Crippen molar-refractivity contribution < 1.29 is 14.5 Å². The Hall–Kier alpha value is -1.82. The minimum absolute atomic E-state index is 0.111. The zero-order chi connectivity index (χ0) is 12.1. The molecule has 0 aromatic heterocycles. The summed E-state index contributed by atoms with van der Waals surface area (Å²) < 4.78 is 4.40. The molecule has 0 bridgehead atoms. The summed E-state index contributed by atoms with van der Waals surface area (Å²) in [6, 6.07) is 4.25. The smallest absolute Gasteiger partial charge is 0.325 e. The van der Waals surface area contributed by atoms with Crippen LogP contribution in [-0.4, -0.2) is 24.5 Å². The maximum atomic E-state index is 10.9. The number of para-hydroxylation sites is 1. The molecule has 0 unspecified atom stereocenters. The van der Waals surface area contributed by atoms with E-state index in [1.165, 1.54) is 25.3 Å². The Labute approximate surface area is 96.3 Å². The van der Waals surface area contributed by atoms with Crippen molar-refractivity contribution in [2.45, 2.75) is 0 Å². The van der Waals surface area contributed by atoms with Crippen LogP contribution in [0.15, 0.2) is 18.2 Å². The second-order valence-corrected chi connectivity index (χ2v) is 3.23. The van der Waals surface area contributed by atoms with Crippen molar-refractivity contribution in [2.75, 3.05) is 19.0 Å². The molecule has 0 atom stereocenters. The molecule has 0 fully saturated rings. The molecule has 1 aromatic rings. The number of hydrogen-bond acceptors (Lipinski definition) is 5. The summed E-state index contributed by atoms with van der Waals surface area (Å²) in [5.74, 6) is -0.533. The van der Waals surface area contributed by atoms with Gasteiger partial charge in [0.25, 0.3) is 5.69 Å². The first-order valence-electron chi connectivity index (χ1n) is 4.30. The molecule has 0 heterocycles. The van der Waals surface area contributed by atoms with Gasteiger partial charge in [-0.05, 0) is 6.07 Å². The maximum Gasteiger partial charge on any atom is 0.325 e. The van der Waals surface area contributed by atoms with Gasteiger partial charge in [0.15, 0.2) is 0 Å². The van der Waals surface area contributed by atoms with E-state index in [-0.39, 0.29) is 22.9 Å². The van der Waals surface area contributed by atoms with Gasteiger partial charge in [0.05, 0.1) is 17.1 Å². The van der Waals surface area contributed by atoms with Gasteiger partial charge in [-0.3, -0.25) is 14.9 Å². The van der Waals surface area contributed by atoms with Crippen molar-refractivity contribution >= 4 is 28.9 Å². The number of rotatable bonds is 4. The highest BCUT2D eigenvalue weighted by molar-refractivity contribution is 6.33. The number of methoxy groups -OCH3 is 1. The highest BCUT2D eigenvalue weighted by Gasteiger charge is 2.16. The van der Waals surface area contributed by atoms with E-state index in [0.717, 1.165) is 0 Å². The average Bonchev–Trinajstić information content (AvgIpc) is 2.26. The van der Waals surface area contributed by atoms with Crippen molar-refractivity contribution in [1.82, 2.24) is 0 Å². The van der Waals surface area contributed by atoms with Crippen molar-refractivity contribution in [3.8, 4) is 0 Å². The molecule has 1 aromatic carbocycles. The van der Waals surface area contributed by atoms with Crippen LogP contribution < -0.4 is 5.32 Å². The molecule has 86 valence electrons. The van der Waals surface area contributed by atoms with Gasteiger partial charge in [0.2, 0.25) is 0 Å². The third-order valence-corrected chi connectivity index (χ3v) is 2.14. The second kappa shape index (κ2) is 5.32. The van der Waals surface area contributed by atoms with Gasteiger partial charge in [-0.1, -0.05) is 17.7 Å². The number of nitrogens with one attached hydrogen (secondary N) is 1. The first kappa shape index (κ1) is 12.3. The standard InChI is InChI=1S/C9H9ClN2O4/c1-16-8(13)5-11-9-6(10)3-2-4-7(9)12(14)15/h2-4,11H,5H2,1H3. The number of esters is 1. The molecule has 0 aliphatic carbocycles. The number of carbonyl (C=O) groups excluding carboxylic acids is 1. The Morgan fingerprint density at radius 3 is 2.88 bits per heavy atom. The van der Waals surface area contributed by atoms with Gasteiger partial charge in [-0.25, -0.2) is 0 Å². The molecule has 16 heavy (non-hydrogen) atoms. The Kier molecular flexibility index (Phi) is 4.07. The first-order valence-corrected chi connectivity index (χ1v) is 4.67. The third kappa shape index (κ3) is 2.83. The summed E-state index contributed by atoms with van der Waals surface area (Å²) in [7, 11) is 1.23. The summed E-state index contributed by atoms with van der Waals surface area (Å²) in [5, 5.41) is 13.4. The minimum atomic E-state index is -0.578. The molecule has 1 N–H and O–H groups in total. The van der Waals surface area contributed by atoms with E-state index in [1.54, 1.807) is 0 Å². The summed E-state index contributed by atoms with van der Waals surface area (Å²) >= 11 is 5.78. The lowest BCUT2D eigenvalue weighted by atomic mass is 10.2. The van der Waals surface area contributed by atoms with Crippen molar-refractivity contribution in [3.63, 3.8) is 0 Å². The highest BCUT2D eigenvalue weighted by atomic mass is 35.5. The summed E-state index contributed by atoms with van der Waals surface area (Å²) in [5.41, 5.74) is -0.0732. The van der Waals surface area contributed by atoms with Crippen LogP contribution in [0.4, 0.5) is 11.4 Å². The number of hydrogen-bond donors (Lipinski definition) is 1. The fraction of sp³-hybridized carbons (Fsp3) is 0.222. The van der Waals surface area contributed by atoms with Gasteiger partial charge in [-0.2, -0.15) is 0 Å². The van der Waals surface area contributed by atoms with Crippen molar-refractivity contribution in [3.05, 3.63) is 33.3 Å². The van der Waals surface area contributed by atoms with E-state index in [9.17, 15) is 14.9 Å². The Bertz CT molecular complexity index is 422. The topological polar surface area (TPSA) is 81.5 Å². The van der Waals surface area contributed by atoms with Crippen molar-refractivity contribution in [2.24, 2.45) is 0 Å². The van der Waals surface area contributed by atoms with Crippen LogP contribution in [0.3, 0.4) is 0 Å². The number of halogens is 1. The predicted octanol–water partition coefficient (Wildman–Crippen LogP) is 1.83. The molecular formula is C9H9ClN2O4. The van der Waals surface area contributed by atoms with Gasteiger partial charge in [0.1, 0.15) is 12.2 Å². The summed E-state index contributed by atoms with van der Waals surface area (Å²) in [6.07, 6.45) is 0. The Morgan fingerprint density at radius 2 is 2.31 bits per heavy atom. The largest absolute Gasteiger partial charge is 0.468 e. The lowest BCUT2D eigenvalue weighted by molar-refractivity contribution is -0.383. The maximum absolute atomic E-state index is 10.9. The van der Waals surface area contributed by atoms with E-state index >= 15 is 0 Å². The average molecular weight is 245 g/mol. The fourth-order valence-corrected chi connectivity index (χ4v) is 1.31. The molecule has 0 saturated carbocycles. The predicted molar refractivity (Wildman–Crippen MR) is 58.6 cm³/mol. The number of nitro benzene ring substituents is 1. The molecule has 1 rings (SSSR count). The lowest BCUT2D eigenvalue weighted by Gasteiger charge is -2.07. The van der Waals surface area contributed by atoms with Crippen LogP contribution in [0.1, 0.15) is 0 Å². The number of anilines is 1. The molecule has 0 spiro atoms. The van der Waals surface area contributed by atoms with Crippen LogP contribution >= 0.6 is 11.6 Å². The zero-order valence-corrected chi connectivity index (χ0v) is 9.15. The summed E-state index contributed by atoms with van der Waals surface area (Å²) in [4.78, 5) is 21.0. The molecule has 6 nitrogen and oxygen atoms in total. The zero-order valence-electron chi connectivity index (χ0n) is 8.40. The number of ether oxygens (including phenoxy) is 1. The Balaban J connectivity index is 2.93. The minimum Gasteiger partial charge on any atom is -0.468 e. The van der Waals surface area contributed by atoms with Gasteiger partial charge >= 0.3 is 5.97 Å². The van der Waals surface area contributed by atoms with E-state index in [4.69, 9.17) is 11.6 Å². The van der Waals surface area contributed by atoms with Gasteiger partial charge in [0, 0.05) is 6.07 Å². The summed E-state index contributed by atoms with van der Waals surface area (Å²) in [6.45, 7) is -0.179. The third-order valence-electron chi connectivity index (χ3n) is 1.83. The Morgan fingerprint density at radius 1 is 1.62 bits per heavy atom. The lowest BCUT2D eigenvalue weighted by Crippen LogP contribution is -2.15. The van der Waals surface area contributed by atoms with Crippen LogP contribution in [-0.2, 0) is 9.53 Å². The van der Waals surface area contributed by atoms with E-state index in [0.29, 0.717) is 0 Å². The molecule has 0 radical (unpaired) electrons. The molecule has 7 heteroatoms.